The zero-order valence-corrected chi connectivity index (χ0v) is 13.8. The van der Waals surface area contributed by atoms with Gasteiger partial charge in [-0.3, -0.25) is 0 Å². The molecule has 1 nitrogen and oxygen atoms in total. The third kappa shape index (κ3) is 1.91. The maximum atomic E-state index is 10.6. The van der Waals surface area contributed by atoms with Crippen molar-refractivity contribution in [3.63, 3.8) is 0 Å². The molecule has 108 valence electrons. The summed E-state index contributed by atoms with van der Waals surface area (Å²) >= 11 is 3.47. The van der Waals surface area contributed by atoms with Crippen LogP contribution < -0.4 is 0 Å². The maximum absolute atomic E-state index is 10.6. The monoisotopic (exact) mass is 350 g/mol. The summed E-state index contributed by atoms with van der Waals surface area (Å²) in [6.45, 7) is 2.06. The van der Waals surface area contributed by atoms with Crippen LogP contribution in [0.2, 0.25) is 0 Å². The van der Waals surface area contributed by atoms with Crippen LogP contribution in [0.5, 0.6) is 5.75 Å². The van der Waals surface area contributed by atoms with Crippen LogP contribution in [0.15, 0.2) is 65.1 Å². The Kier molecular flexibility index (Phi) is 3.08. The van der Waals surface area contributed by atoms with Crippen LogP contribution in [0.3, 0.4) is 0 Å². The number of benzene rings is 3. The molecule has 0 fully saturated rings. The van der Waals surface area contributed by atoms with Gasteiger partial charge in [0.05, 0.1) is 4.47 Å². The van der Waals surface area contributed by atoms with Gasteiger partial charge in [0.25, 0.3) is 0 Å². The number of phenols is 1. The van der Waals surface area contributed by atoms with Crippen LogP contribution in [0.4, 0.5) is 0 Å². The smallest absolute Gasteiger partial charge is 0.133 e. The quantitative estimate of drug-likeness (QED) is 0.472. The Labute approximate surface area is 138 Å². The molecule has 4 rings (SSSR count). The molecule has 0 amide bonds. The van der Waals surface area contributed by atoms with Gasteiger partial charge in [0.15, 0.2) is 0 Å². The highest BCUT2D eigenvalue weighted by molar-refractivity contribution is 9.10. The molecule has 0 unspecified atom stereocenters. The van der Waals surface area contributed by atoms with Crippen LogP contribution >= 0.6 is 15.9 Å². The average Bonchev–Trinajstić information content (AvgIpc) is 2.85. The second-order valence-electron chi connectivity index (χ2n) is 5.79. The summed E-state index contributed by atoms with van der Waals surface area (Å²) in [6.07, 6.45) is 0. The maximum Gasteiger partial charge on any atom is 0.133 e. The molecule has 3 aromatic rings. The molecule has 0 saturated carbocycles. The zero-order chi connectivity index (χ0) is 15.3. The molecule has 0 heterocycles. The minimum absolute atomic E-state index is 0.0867. The molecule has 0 spiro atoms. The molecule has 1 aliphatic rings. The van der Waals surface area contributed by atoms with Gasteiger partial charge in [-0.2, -0.15) is 0 Å². The minimum Gasteiger partial charge on any atom is -0.506 e. The van der Waals surface area contributed by atoms with Crippen LogP contribution in [0.1, 0.15) is 28.2 Å². The molecule has 3 aromatic carbocycles. The average molecular weight is 351 g/mol. The Balaban J connectivity index is 2.04. The number of hydrogen-bond acceptors (Lipinski definition) is 1. The zero-order valence-electron chi connectivity index (χ0n) is 12.2. The molecule has 0 atom stereocenters. The summed E-state index contributed by atoms with van der Waals surface area (Å²) in [7, 11) is 0. The predicted octanol–water partition coefficient (Wildman–Crippen LogP) is 5.62. The highest BCUT2D eigenvalue weighted by atomic mass is 79.9. The van der Waals surface area contributed by atoms with Crippen LogP contribution in [-0.4, -0.2) is 5.11 Å². The fourth-order valence-corrected chi connectivity index (χ4v) is 4.06. The first-order valence-corrected chi connectivity index (χ1v) is 8.13. The van der Waals surface area contributed by atoms with Crippen molar-refractivity contribution >= 4 is 15.9 Å². The van der Waals surface area contributed by atoms with E-state index in [1.54, 1.807) is 0 Å². The predicted molar refractivity (Wildman–Crippen MR) is 93.4 cm³/mol. The lowest BCUT2D eigenvalue weighted by Crippen LogP contribution is -2.00. The lowest BCUT2D eigenvalue weighted by Gasteiger charge is -2.17. The summed E-state index contributed by atoms with van der Waals surface area (Å²) < 4.78 is 0.754. The van der Waals surface area contributed by atoms with E-state index in [4.69, 9.17) is 0 Å². The van der Waals surface area contributed by atoms with E-state index in [0.29, 0.717) is 5.75 Å². The van der Waals surface area contributed by atoms with Gasteiger partial charge in [0.1, 0.15) is 5.75 Å². The van der Waals surface area contributed by atoms with E-state index in [1.807, 2.05) is 6.07 Å². The molecule has 1 N–H and O–H groups in total. The summed E-state index contributed by atoms with van der Waals surface area (Å²) in [5.41, 5.74) is 7.15. The van der Waals surface area contributed by atoms with Crippen molar-refractivity contribution in [2.24, 2.45) is 0 Å². The van der Waals surface area contributed by atoms with Gasteiger partial charge < -0.3 is 5.11 Å². The van der Waals surface area contributed by atoms with Crippen molar-refractivity contribution in [3.05, 3.63) is 87.4 Å². The SMILES string of the molecule is Cc1cc(Br)c(O)c(C2c3ccccc3-c3ccccc32)c1. The number of aryl methyl sites for hydroxylation is 1. The van der Waals surface area contributed by atoms with Crippen LogP contribution in [0.25, 0.3) is 11.1 Å². The second kappa shape index (κ2) is 4.99. The fourth-order valence-electron chi connectivity index (χ4n) is 3.47. The van der Waals surface area contributed by atoms with Crippen molar-refractivity contribution in [1.29, 1.82) is 0 Å². The summed E-state index contributed by atoms with van der Waals surface area (Å²) in [5.74, 6) is 0.422. The van der Waals surface area contributed by atoms with E-state index < -0.39 is 0 Å². The fraction of sp³-hybridized carbons (Fsp3) is 0.100. The highest BCUT2D eigenvalue weighted by Crippen LogP contribution is 2.50. The molecule has 0 saturated heterocycles. The molecule has 0 bridgehead atoms. The van der Waals surface area contributed by atoms with Crippen LogP contribution in [0, 0.1) is 6.92 Å². The number of phenolic OH excluding ortho intramolecular Hbond substituents is 1. The third-order valence-corrected chi connectivity index (χ3v) is 4.99. The first-order chi connectivity index (χ1) is 10.7. The van der Waals surface area contributed by atoms with Gasteiger partial charge in [0, 0.05) is 11.5 Å². The van der Waals surface area contributed by atoms with Crippen molar-refractivity contribution in [1.82, 2.24) is 0 Å². The largest absolute Gasteiger partial charge is 0.506 e. The Morgan fingerprint density at radius 3 is 1.95 bits per heavy atom. The molecule has 0 aliphatic heterocycles. The highest BCUT2D eigenvalue weighted by Gasteiger charge is 2.31. The molecule has 1 aliphatic carbocycles. The summed E-state index contributed by atoms with van der Waals surface area (Å²) in [4.78, 5) is 0. The molecule has 0 aromatic heterocycles. The Morgan fingerprint density at radius 2 is 1.36 bits per heavy atom. The summed E-state index contributed by atoms with van der Waals surface area (Å²) in [5, 5.41) is 10.6. The Hall–Kier alpha value is -2.06. The molecule has 0 radical (unpaired) electrons. The molecule has 22 heavy (non-hydrogen) atoms. The van der Waals surface area contributed by atoms with E-state index in [1.165, 1.54) is 22.3 Å². The first kappa shape index (κ1) is 13.6. The molecule has 2 heteroatoms. The van der Waals surface area contributed by atoms with E-state index in [0.717, 1.165) is 15.6 Å². The van der Waals surface area contributed by atoms with Crippen molar-refractivity contribution in [2.75, 3.05) is 0 Å². The van der Waals surface area contributed by atoms with Crippen molar-refractivity contribution < 1.29 is 5.11 Å². The van der Waals surface area contributed by atoms with Gasteiger partial charge in [-0.15, -0.1) is 0 Å². The topological polar surface area (TPSA) is 20.2 Å². The van der Waals surface area contributed by atoms with Gasteiger partial charge >= 0.3 is 0 Å². The summed E-state index contributed by atoms with van der Waals surface area (Å²) in [6, 6.07) is 21.0. The Bertz CT molecular complexity index is 837. The van der Waals surface area contributed by atoms with E-state index in [9.17, 15) is 5.11 Å². The lowest BCUT2D eigenvalue weighted by molar-refractivity contribution is 0.464. The second-order valence-corrected chi connectivity index (χ2v) is 6.65. The normalized spacial score (nSPS) is 13.0. The number of aromatic hydroxyl groups is 1. The van der Waals surface area contributed by atoms with E-state index in [-0.39, 0.29) is 5.92 Å². The van der Waals surface area contributed by atoms with Gasteiger partial charge in [-0.25, -0.2) is 0 Å². The van der Waals surface area contributed by atoms with Gasteiger partial charge in [-0.1, -0.05) is 54.6 Å². The first-order valence-electron chi connectivity index (χ1n) is 7.34. The number of rotatable bonds is 1. The minimum atomic E-state index is 0.0867. The van der Waals surface area contributed by atoms with Crippen LogP contribution in [-0.2, 0) is 0 Å². The van der Waals surface area contributed by atoms with E-state index in [2.05, 4.69) is 77.5 Å². The molecular formula is C20H15BrO. The standard InChI is InChI=1S/C20H15BrO/c1-12-10-17(20(22)18(21)11-12)19-15-8-4-2-6-13(15)14-7-3-5-9-16(14)19/h2-11,19,22H,1H3. The van der Waals surface area contributed by atoms with Crippen molar-refractivity contribution in [2.45, 2.75) is 12.8 Å². The number of fused-ring (bicyclic) bond motifs is 3. The van der Waals surface area contributed by atoms with Gasteiger partial charge in [0.2, 0.25) is 0 Å². The van der Waals surface area contributed by atoms with Crippen molar-refractivity contribution in [3.8, 4) is 16.9 Å². The van der Waals surface area contributed by atoms with Gasteiger partial charge in [-0.05, 0) is 56.7 Å². The Morgan fingerprint density at radius 1 is 0.818 bits per heavy atom. The molecular weight excluding hydrogens is 336 g/mol. The van der Waals surface area contributed by atoms with E-state index >= 15 is 0 Å². The number of halogens is 1. The third-order valence-electron chi connectivity index (χ3n) is 4.38. The lowest BCUT2D eigenvalue weighted by atomic mass is 9.88. The number of hydrogen-bond donors (Lipinski definition) is 1.